The first-order chi connectivity index (χ1) is 2.27. The standard InChI is InChI=1S/C2H4NO2/c3-1-2(4)5/h1,3H2/p+1. The summed E-state index contributed by atoms with van der Waals surface area (Å²) in [5, 5.41) is 9.19. The van der Waals surface area contributed by atoms with Crippen LogP contribution in [0.15, 0.2) is 0 Å². The lowest BCUT2D eigenvalue weighted by atomic mass is 10.7. The molecule has 3 heteroatoms. The summed E-state index contributed by atoms with van der Waals surface area (Å²) in [6, 6.07) is 0. The van der Waals surface area contributed by atoms with Crippen molar-refractivity contribution in [2.24, 2.45) is 0 Å². The lowest BCUT2D eigenvalue weighted by molar-refractivity contribution is -0.360. The number of hydrogen-bond donors (Lipinski definition) is 1. The summed E-state index contributed by atoms with van der Waals surface area (Å²) in [5.74, 6) is -1.11. The zero-order valence-corrected chi connectivity index (χ0v) is 2.73. The van der Waals surface area contributed by atoms with Gasteiger partial charge in [0, 0.05) is 0 Å². The van der Waals surface area contributed by atoms with Crippen LogP contribution in [0.25, 0.3) is 0 Å². The molecular formula is C2H5NO2+. The molecule has 0 aromatic heterocycles. The van der Waals surface area contributed by atoms with E-state index in [9.17, 15) is 9.90 Å². The highest BCUT2D eigenvalue weighted by atomic mass is 16.4. The molecule has 3 nitrogen and oxygen atoms in total. The first kappa shape index (κ1) is 4.43. The highest BCUT2D eigenvalue weighted by Crippen LogP contribution is 1.43. The van der Waals surface area contributed by atoms with Crippen LogP contribution in [0, 0.1) is 0 Å². The Bertz CT molecular complexity index is 42.9. The van der Waals surface area contributed by atoms with Crippen molar-refractivity contribution in [1.82, 2.24) is 0 Å². The Morgan fingerprint density at radius 1 is 1.80 bits per heavy atom. The van der Waals surface area contributed by atoms with Crippen LogP contribution in [0.1, 0.15) is 0 Å². The first-order valence-electron chi connectivity index (χ1n) is 1.26. The molecule has 0 bridgehead atoms. The fraction of sp³-hybridized carbons (Fsp3) is 0.500. The minimum absolute atomic E-state index is 0.139. The summed E-state index contributed by atoms with van der Waals surface area (Å²) < 4.78 is 0. The van der Waals surface area contributed by atoms with Crippen LogP contribution in [0.3, 0.4) is 0 Å². The smallest absolute Gasteiger partial charge is 0.348 e. The lowest BCUT2D eigenvalue weighted by Crippen LogP contribution is -2.53. The van der Waals surface area contributed by atoms with Gasteiger partial charge in [0.05, 0.1) is 0 Å². The molecule has 0 aromatic carbocycles. The molecule has 0 saturated carbocycles. The van der Waals surface area contributed by atoms with Gasteiger partial charge in [0.15, 0.2) is 6.54 Å². The minimum Gasteiger partial charge on any atom is -0.348 e. The molecular weight excluding hydrogens is 70.0 g/mol. The third-order valence-electron chi connectivity index (χ3n) is 0.204. The van der Waals surface area contributed by atoms with Crippen LogP contribution in [0.4, 0.5) is 0 Å². The van der Waals surface area contributed by atoms with Crippen molar-refractivity contribution in [3.8, 4) is 0 Å². The average molecular weight is 75.1 g/mol. The number of carbonyl (C=O) groups is 1. The highest BCUT2D eigenvalue weighted by Gasteiger charge is 1.90. The molecule has 0 aliphatic rings. The van der Waals surface area contributed by atoms with Gasteiger partial charge in [0.2, 0.25) is 0 Å². The third-order valence-corrected chi connectivity index (χ3v) is 0.204. The van der Waals surface area contributed by atoms with Crippen molar-refractivity contribution in [3.63, 3.8) is 0 Å². The van der Waals surface area contributed by atoms with Gasteiger partial charge in [-0.3, -0.25) is 0 Å². The van der Waals surface area contributed by atoms with Gasteiger partial charge in [-0.05, 0) is 0 Å². The van der Waals surface area contributed by atoms with E-state index >= 15 is 0 Å². The minimum atomic E-state index is -1.11. The largest absolute Gasteiger partial charge is 0.409 e. The van der Waals surface area contributed by atoms with Gasteiger partial charge >= 0.3 is 5.97 Å². The summed E-state index contributed by atoms with van der Waals surface area (Å²) in [7, 11) is 0. The Labute approximate surface area is 29.4 Å². The molecule has 0 rings (SSSR count). The zero-order chi connectivity index (χ0) is 4.28. The predicted octanol–water partition coefficient (Wildman–Crippen LogP) is -1.81. The molecule has 0 fully saturated rings. The second kappa shape index (κ2) is 1.72. The normalized spacial score (nSPS) is 7.40. The first-order valence-corrected chi connectivity index (χ1v) is 1.26. The van der Waals surface area contributed by atoms with E-state index < -0.39 is 5.97 Å². The van der Waals surface area contributed by atoms with Gasteiger partial charge in [-0.25, -0.2) is 9.90 Å². The summed E-state index contributed by atoms with van der Waals surface area (Å²) in [5.41, 5.74) is 3.02. The van der Waals surface area contributed by atoms with E-state index in [4.69, 9.17) is 0 Å². The third kappa shape index (κ3) is 3.43. The van der Waals surface area contributed by atoms with Gasteiger partial charge in [0.25, 0.3) is 0 Å². The van der Waals surface area contributed by atoms with Gasteiger partial charge in [-0.2, -0.15) is 0 Å². The molecule has 0 saturated heterocycles. The topological polar surface area (TPSA) is 64.6 Å². The average Bonchev–Trinajstić information content (AvgIpc) is 1.38. The molecule has 0 spiro atoms. The van der Waals surface area contributed by atoms with E-state index in [1.54, 1.807) is 0 Å². The van der Waals surface area contributed by atoms with Crippen LogP contribution in [-0.4, -0.2) is 12.5 Å². The predicted molar refractivity (Wildman–Crippen MR) is 13.4 cm³/mol. The lowest BCUT2D eigenvalue weighted by Gasteiger charge is -1.63. The van der Waals surface area contributed by atoms with Crippen molar-refractivity contribution in [1.29, 1.82) is 0 Å². The summed E-state index contributed by atoms with van der Waals surface area (Å²) in [6.45, 7) is -0.139. The van der Waals surface area contributed by atoms with E-state index in [1.165, 1.54) is 0 Å². The zero-order valence-electron chi connectivity index (χ0n) is 2.73. The van der Waals surface area contributed by atoms with E-state index in [2.05, 4.69) is 5.73 Å². The van der Waals surface area contributed by atoms with E-state index in [0.717, 1.165) is 0 Å². The number of quaternary nitrogens is 1. The number of hydrogen-bond acceptors (Lipinski definition) is 1. The molecule has 3 N–H and O–H groups in total. The van der Waals surface area contributed by atoms with Crippen molar-refractivity contribution >= 4 is 5.97 Å². The summed E-state index contributed by atoms with van der Waals surface area (Å²) in [4.78, 5) is 9.19. The Morgan fingerprint density at radius 2 is 2.00 bits per heavy atom. The van der Waals surface area contributed by atoms with Crippen LogP contribution in [0.2, 0.25) is 0 Å². The van der Waals surface area contributed by atoms with Gasteiger partial charge in [-0.1, -0.05) is 0 Å². The molecule has 0 aromatic rings. The summed E-state index contributed by atoms with van der Waals surface area (Å²) in [6.07, 6.45) is 0. The summed E-state index contributed by atoms with van der Waals surface area (Å²) >= 11 is 0. The van der Waals surface area contributed by atoms with Crippen LogP contribution < -0.4 is 5.73 Å². The van der Waals surface area contributed by atoms with E-state index in [0.29, 0.717) is 0 Å². The molecule has 5 heavy (non-hydrogen) atoms. The van der Waals surface area contributed by atoms with Gasteiger partial charge in [-0.15, -0.1) is 0 Å². The molecule has 1 radical (unpaired) electrons. The second-order valence-corrected chi connectivity index (χ2v) is 0.622. The molecule has 0 aliphatic heterocycles. The van der Waals surface area contributed by atoms with E-state index in [1.807, 2.05) is 0 Å². The van der Waals surface area contributed by atoms with Crippen molar-refractivity contribution in [2.75, 3.05) is 6.54 Å². The SMILES string of the molecule is [NH3+]CC([O])=O. The second-order valence-electron chi connectivity index (χ2n) is 0.622. The molecule has 0 heterocycles. The quantitative estimate of drug-likeness (QED) is 0.392. The van der Waals surface area contributed by atoms with Crippen molar-refractivity contribution in [3.05, 3.63) is 0 Å². The molecule has 0 unspecified atom stereocenters. The Balaban J connectivity index is 2.85. The molecule has 0 atom stereocenters. The Kier molecular flexibility index (Phi) is 1.53. The highest BCUT2D eigenvalue weighted by molar-refractivity contribution is 5.66. The molecule has 29 valence electrons. The fourth-order valence-corrected chi connectivity index (χ4v) is 0. The van der Waals surface area contributed by atoms with Crippen LogP contribution in [-0.2, 0) is 9.90 Å². The maximum atomic E-state index is 9.19. The number of carbonyl (C=O) groups excluding carboxylic acids is 1. The number of rotatable bonds is 1. The molecule has 0 aliphatic carbocycles. The maximum absolute atomic E-state index is 9.19. The Hall–Kier alpha value is -0.570. The maximum Gasteiger partial charge on any atom is 0.409 e. The van der Waals surface area contributed by atoms with Gasteiger partial charge < -0.3 is 5.73 Å². The van der Waals surface area contributed by atoms with E-state index in [-0.39, 0.29) is 6.54 Å². The fourth-order valence-electron chi connectivity index (χ4n) is 0. The van der Waals surface area contributed by atoms with Crippen molar-refractivity contribution in [2.45, 2.75) is 0 Å². The Morgan fingerprint density at radius 3 is 2.00 bits per heavy atom. The van der Waals surface area contributed by atoms with Gasteiger partial charge in [0.1, 0.15) is 0 Å². The van der Waals surface area contributed by atoms with Crippen LogP contribution in [0.5, 0.6) is 0 Å². The van der Waals surface area contributed by atoms with Crippen LogP contribution >= 0.6 is 0 Å². The molecule has 0 amide bonds. The van der Waals surface area contributed by atoms with Crippen molar-refractivity contribution < 1.29 is 15.6 Å². The monoisotopic (exact) mass is 75.0 g/mol.